The Balaban J connectivity index is 1.20. The average molecular weight is 705 g/mol. The monoisotopic (exact) mass is 704 g/mol. The van der Waals surface area contributed by atoms with Gasteiger partial charge in [0.2, 0.25) is 5.95 Å². The van der Waals surface area contributed by atoms with Gasteiger partial charge in [-0.15, -0.1) is 0 Å². The number of nitrogens with two attached hydrogens (primary N) is 2. The van der Waals surface area contributed by atoms with E-state index in [0.29, 0.717) is 11.2 Å². The van der Waals surface area contributed by atoms with E-state index >= 15 is 8.78 Å². The number of imidazole rings is 2. The van der Waals surface area contributed by atoms with Gasteiger partial charge in [0.25, 0.3) is 5.56 Å². The van der Waals surface area contributed by atoms with Gasteiger partial charge in [0.05, 0.1) is 24.9 Å². The van der Waals surface area contributed by atoms with Crippen LogP contribution >= 0.6 is 6.72 Å². The molecule has 2 fully saturated rings. The van der Waals surface area contributed by atoms with Crippen molar-refractivity contribution in [3.05, 3.63) is 29.3 Å². The van der Waals surface area contributed by atoms with Crippen LogP contribution in [0.2, 0.25) is 0 Å². The zero-order valence-electron chi connectivity index (χ0n) is 24.7. The largest absolute Gasteiger partial charge is 0.396 e. The van der Waals surface area contributed by atoms with Gasteiger partial charge in [-0.3, -0.25) is 23.4 Å². The number of halogens is 2. The summed E-state index contributed by atoms with van der Waals surface area (Å²) in [6.45, 7) is -3.96. The Hall–Kier alpha value is -3.31. The molecule has 0 aromatic carbocycles. The molecule has 47 heavy (non-hydrogen) atoms. The number of nitrogens with zero attached hydrogens (tertiary/aromatic N) is 7. The molecular weight excluding hydrogens is 673 g/mol. The van der Waals surface area contributed by atoms with E-state index in [1.54, 1.807) is 6.92 Å². The Labute approximate surface area is 268 Å². The maximum atomic E-state index is 15.7. The predicted octanol–water partition coefficient (Wildman–Crippen LogP) is -0.289. The maximum absolute atomic E-state index is 15.7. The molecule has 0 radical (unpaired) electrons. The SMILES string of the molecule is CO[C@H]1[C@H](n2cnc3c(N)ncnc32)O[C@](C)(CCOP(O)(=S)O[C@H]2[C@H](n3cnc4c(=O)[nH]c(N)nc43)O[C@H](CCO)C2(F)F)[C@H]1O. The third-order valence-electron chi connectivity index (χ3n) is 8.13. The van der Waals surface area contributed by atoms with Crippen LogP contribution in [0.5, 0.6) is 0 Å². The van der Waals surface area contributed by atoms with Crippen molar-refractivity contribution < 1.29 is 47.1 Å². The predicted molar refractivity (Wildman–Crippen MR) is 160 cm³/mol. The summed E-state index contributed by atoms with van der Waals surface area (Å²) in [6, 6.07) is 0. The minimum absolute atomic E-state index is 0.108. The van der Waals surface area contributed by atoms with Crippen LogP contribution in [0, 0.1) is 0 Å². The highest BCUT2D eigenvalue weighted by Gasteiger charge is 2.62. The van der Waals surface area contributed by atoms with Crippen molar-refractivity contribution in [2.24, 2.45) is 0 Å². The van der Waals surface area contributed by atoms with Gasteiger partial charge in [0.15, 0.2) is 41.2 Å². The van der Waals surface area contributed by atoms with Gasteiger partial charge in [0, 0.05) is 26.6 Å². The van der Waals surface area contributed by atoms with Crippen molar-refractivity contribution >= 4 is 52.6 Å². The second-order valence-electron chi connectivity index (χ2n) is 11.1. The van der Waals surface area contributed by atoms with Gasteiger partial charge in [-0.05, 0) is 18.7 Å². The van der Waals surface area contributed by atoms with Crippen LogP contribution in [0.15, 0.2) is 23.8 Å². The quantitative estimate of drug-likeness (QED) is 0.110. The Morgan fingerprint density at radius 3 is 2.55 bits per heavy atom. The van der Waals surface area contributed by atoms with Crippen molar-refractivity contribution in [3.63, 3.8) is 0 Å². The van der Waals surface area contributed by atoms with E-state index in [-0.39, 0.29) is 29.4 Å². The van der Waals surface area contributed by atoms with E-state index in [4.69, 9.17) is 46.5 Å². The topological polar surface area (TPSA) is 266 Å². The molecule has 0 spiro atoms. The average Bonchev–Trinajstić information content (AvgIpc) is 3.73. The first-order chi connectivity index (χ1) is 22.2. The molecule has 2 aliphatic rings. The normalized spacial score (nSPS) is 30.4. The summed E-state index contributed by atoms with van der Waals surface area (Å²) < 4.78 is 62.0. The van der Waals surface area contributed by atoms with Crippen LogP contribution in [0.25, 0.3) is 22.3 Å². The Kier molecular flexibility index (Phi) is 8.78. The van der Waals surface area contributed by atoms with E-state index < -0.39 is 80.3 Å². The second-order valence-corrected chi connectivity index (χ2v) is 13.9. The second kappa shape index (κ2) is 12.3. The summed E-state index contributed by atoms with van der Waals surface area (Å²) in [5.41, 5.74) is 9.69. The van der Waals surface area contributed by atoms with Crippen LogP contribution in [0.4, 0.5) is 20.5 Å². The number of ether oxygens (including phenoxy) is 3. The number of alkyl halides is 2. The van der Waals surface area contributed by atoms with Gasteiger partial charge < -0.3 is 45.3 Å². The number of methoxy groups -OCH3 is 1. The summed E-state index contributed by atoms with van der Waals surface area (Å²) in [5.74, 6) is -3.98. The molecule has 4 aromatic heterocycles. The molecule has 8 N–H and O–H groups in total. The molecule has 0 aliphatic carbocycles. The van der Waals surface area contributed by atoms with Crippen molar-refractivity contribution in [1.82, 2.24) is 39.0 Å². The fourth-order valence-corrected chi connectivity index (χ4v) is 7.14. The molecule has 0 saturated carbocycles. The van der Waals surface area contributed by atoms with Gasteiger partial charge in [-0.1, -0.05) is 0 Å². The molecule has 1 unspecified atom stereocenters. The van der Waals surface area contributed by atoms with E-state index in [0.717, 1.165) is 10.9 Å². The molecule has 2 aliphatic heterocycles. The number of hydrogen-bond donors (Lipinski definition) is 6. The van der Waals surface area contributed by atoms with Crippen molar-refractivity contribution in [2.75, 3.05) is 31.8 Å². The van der Waals surface area contributed by atoms with Crippen LogP contribution < -0.4 is 17.0 Å². The van der Waals surface area contributed by atoms with Gasteiger partial charge in [0.1, 0.15) is 30.2 Å². The smallest absolute Gasteiger partial charge is 0.325 e. The zero-order valence-corrected chi connectivity index (χ0v) is 26.4. The number of aromatic amines is 1. The molecule has 19 nitrogen and oxygen atoms in total. The molecule has 2 saturated heterocycles. The minimum atomic E-state index is -4.47. The third-order valence-corrected chi connectivity index (χ3v) is 9.71. The van der Waals surface area contributed by atoms with Gasteiger partial charge in [-0.2, -0.15) is 4.98 Å². The van der Waals surface area contributed by atoms with E-state index in [9.17, 15) is 19.9 Å². The molecule has 4 aromatic rings. The first-order valence-electron chi connectivity index (χ1n) is 14.0. The number of H-pyrrole nitrogens is 1. The van der Waals surface area contributed by atoms with Crippen LogP contribution in [0.3, 0.4) is 0 Å². The molecular formula is C24H31F2N10O9PS. The third kappa shape index (κ3) is 5.87. The van der Waals surface area contributed by atoms with Crippen LogP contribution in [0.1, 0.15) is 32.2 Å². The van der Waals surface area contributed by atoms with Gasteiger partial charge >= 0.3 is 12.6 Å². The number of fused-ring (bicyclic) bond motifs is 2. The van der Waals surface area contributed by atoms with Crippen LogP contribution in [-0.4, -0.2) is 110 Å². The van der Waals surface area contributed by atoms with Crippen molar-refractivity contribution in [2.45, 2.75) is 68.2 Å². The summed E-state index contributed by atoms with van der Waals surface area (Å²) >= 11 is 5.11. The van der Waals surface area contributed by atoms with Crippen LogP contribution in [-0.2, 0) is 35.1 Å². The Morgan fingerprint density at radius 2 is 1.85 bits per heavy atom. The fraction of sp³-hybridized carbons (Fsp3) is 0.583. The maximum Gasteiger partial charge on any atom is 0.325 e. The Morgan fingerprint density at radius 1 is 1.15 bits per heavy atom. The standard InChI is InChI=1S/C24H31F2N10O9PS/c1-23(14(38)13(41-2)20(44-23)35-8-31-11-16(27)29-7-30-17(11)35)4-6-42-46(40,47)45-15-21(43-10(3-5-37)24(15,25)26)36-9-32-12-18(36)33-22(28)34-19(12)39/h7-10,13-15,20-21,37-38H,3-6H2,1-2H3,(H,40,47)(H2,27,29,30)(H3,28,33,34,39)/t10-,13-,14+,15+,20-,21-,23-,46?/m1/s1. The fourth-order valence-electron chi connectivity index (χ4n) is 5.72. The number of aliphatic hydroxyl groups is 2. The number of aliphatic hydroxyl groups excluding tert-OH is 2. The number of rotatable bonds is 11. The number of aromatic nitrogens is 8. The lowest BCUT2D eigenvalue weighted by atomic mass is 9.94. The van der Waals surface area contributed by atoms with Gasteiger partial charge in [-0.25, -0.2) is 28.7 Å². The summed E-state index contributed by atoms with van der Waals surface area (Å²) in [5, 5.41) is 20.6. The number of anilines is 2. The summed E-state index contributed by atoms with van der Waals surface area (Å²) in [6.07, 6.45) is -5.87. The molecule has 256 valence electrons. The highest BCUT2D eigenvalue weighted by atomic mass is 32.5. The number of nitrogen functional groups attached to an aromatic ring is 2. The molecule has 6 rings (SSSR count). The highest BCUT2D eigenvalue weighted by Crippen LogP contribution is 2.55. The Bertz CT molecular complexity index is 1900. The number of nitrogens with one attached hydrogen (secondary N) is 1. The molecule has 8 atom stereocenters. The molecule has 0 amide bonds. The van der Waals surface area contributed by atoms with E-state index in [1.165, 1.54) is 24.3 Å². The lowest BCUT2D eigenvalue weighted by molar-refractivity contribution is -0.114. The lowest BCUT2D eigenvalue weighted by Gasteiger charge is -2.30. The van der Waals surface area contributed by atoms with Crippen molar-refractivity contribution in [1.29, 1.82) is 0 Å². The molecule has 6 heterocycles. The molecule has 23 heteroatoms. The molecule has 0 bridgehead atoms. The number of hydrogen-bond acceptors (Lipinski definition) is 16. The lowest BCUT2D eigenvalue weighted by Crippen LogP contribution is -2.42. The summed E-state index contributed by atoms with van der Waals surface area (Å²) in [4.78, 5) is 45.7. The zero-order chi connectivity index (χ0) is 33.9. The highest BCUT2D eigenvalue weighted by molar-refractivity contribution is 8.07. The first kappa shape index (κ1) is 33.6. The van der Waals surface area contributed by atoms with E-state index in [2.05, 4.69) is 29.9 Å². The minimum Gasteiger partial charge on any atom is -0.396 e. The first-order valence-corrected chi connectivity index (χ1v) is 16.6. The van der Waals surface area contributed by atoms with E-state index in [1.807, 2.05) is 0 Å². The van der Waals surface area contributed by atoms with Crippen molar-refractivity contribution in [3.8, 4) is 0 Å². The summed E-state index contributed by atoms with van der Waals surface area (Å²) in [7, 11) is 1.38.